The summed E-state index contributed by atoms with van der Waals surface area (Å²) >= 11 is 0. The summed E-state index contributed by atoms with van der Waals surface area (Å²) in [6.07, 6.45) is 1.77. The number of hydrogen-bond acceptors (Lipinski definition) is 6. The molecule has 4 amide bonds. The van der Waals surface area contributed by atoms with E-state index in [9.17, 15) is 19.2 Å². The van der Waals surface area contributed by atoms with Gasteiger partial charge in [-0.05, 0) is 26.7 Å². The van der Waals surface area contributed by atoms with Crippen molar-refractivity contribution in [3.05, 3.63) is 0 Å². The standard InChI is InChI=1S/C22H40N6O4/c1-5-17(3)23-19(29)15-25-7-11-27(12-8-25)21(31)22(32)28-13-9-26(10-14-28)16-20(30)24-18(4)6-2/h17-18H,5-16H2,1-4H3,(H,23,29)(H,24,30). The average Bonchev–Trinajstić information content (AvgIpc) is 2.78. The Morgan fingerprint density at radius 1 is 0.625 bits per heavy atom. The second-order valence-corrected chi connectivity index (χ2v) is 8.89. The number of amides is 4. The van der Waals surface area contributed by atoms with Crippen molar-refractivity contribution >= 4 is 23.6 Å². The van der Waals surface area contributed by atoms with Crippen LogP contribution in [0.1, 0.15) is 40.5 Å². The van der Waals surface area contributed by atoms with Crippen LogP contribution in [0.2, 0.25) is 0 Å². The normalized spacial score (nSPS) is 19.9. The Morgan fingerprint density at radius 2 is 0.938 bits per heavy atom. The maximum absolute atomic E-state index is 12.7. The summed E-state index contributed by atoms with van der Waals surface area (Å²) in [5.41, 5.74) is 0. The third-order valence-corrected chi connectivity index (χ3v) is 6.28. The predicted octanol–water partition coefficient (Wildman–Crippen LogP) is -0.896. The highest BCUT2D eigenvalue weighted by Crippen LogP contribution is 2.07. The molecule has 2 unspecified atom stereocenters. The fourth-order valence-corrected chi connectivity index (χ4v) is 3.74. The van der Waals surface area contributed by atoms with E-state index in [1.165, 1.54) is 0 Å². The Kier molecular flexibility index (Phi) is 10.4. The van der Waals surface area contributed by atoms with Crippen LogP contribution in [0.5, 0.6) is 0 Å². The molecule has 0 saturated carbocycles. The van der Waals surface area contributed by atoms with Crippen molar-refractivity contribution in [2.75, 3.05) is 65.4 Å². The molecule has 32 heavy (non-hydrogen) atoms. The van der Waals surface area contributed by atoms with E-state index in [1.807, 2.05) is 37.5 Å². The molecule has 2 rings (SSSR count). The van der Waals surface area contributed by atoms with Crippen LogP contribution in [-0.2, 0) is 19.2 Å². The van der Waals surface area contributed by atoms with Gasteiger partial charge < -0.3 is 20.4 Å². The molecule has 2 saturated heterocycles. The maximum Gasteiger partial charge on any atom is 0.312 e. The minimum Gasteiger partial charge on any atom is -0.353 e. The highest BCUT2D eigenvalue weighted by Gasteiger charge is 2.32. The Balaban J connectivity index is 1.71. The maximum atomic E-state index is 12.7. The lowest BCUT2D eigenvalue weighted by molar-refractivity contribution is -0.154. The SMILES string of the molecule is CCC(C)NC(=O)CN1CCN(C(=O)C(=O)N2CCN(CC(=O)NC(C)CC)CC2)CC1. The van der Waals surface area contributed by atoms with Crippen molar-refractivity contribution in [1.82, 2.24) is 30.2 Å². The molecule has 10 nitrogen and oxygen atoms in total. The first-order valence-electron chi connectivity index (χ1n) is 11.8. The van der Waals surface area contributed by atoms with Crippen LogP contribution in [0.3, 0.4) is 0 Å². The molecule has 2 atom stereocenters. The van der Waals surface area contributed by atoms with Crippen LogP contribution >= 0.6 is 0 Å². The Hall–Kier alpha value is -2.20. The van der Waals surface area contributed by atoms with Crippen LogP contribution in [0, 0.1) is 0 Å². The molecular weight excluding hydrogens is 412 g/mol. The van der Waals surface area contributed by atoms with Gasteiger partial charge in [0.25, 0.3) is 0 Å². The highest BCUT2D eigenvalue weighted by atomic mass is 16.2. The zero-order valence-electron chi connectivity index (χ0n) is 20.1. The molecule has 0 aromatic carbocycles. The smallest absolute Gasteiger partial charge is 0.312 e. The Labute approximate surface area is 191 Å². The molecule has 0 aliphatic carbocycles. The van der Waals surface area contributed by atoms with Gasteiger partial charge in [0.2, 0.25) is 11.8 Å². The summed E-state index contributed by atoms with van der Waals surface area (Å²) in [6.45, 7) is 12.7. The van der Waals surface area contributed by atoms with Crippen LogP contribution in [0.4, 0.5) is 0 Å². The van der Waals surface area contributed by atoms with Gasteiger partial charge in [0.15, 0.2) is 0 Å². The largest absolute Gasteiger partial charge is 0.353 e. The van der Waals surface area contributed by atoms with Crippen molar-refractivity contribution in [2.24, 2.45) is 0 Å². The molecule has 0 aromatic heterocycles. The van der Waals surface area contributed by atoms with E-state index in [-0.39, 0.29) is 23.9 Å². The first-order valence-corrected chi connectivity index (χ1v) is 11.8. The van der Waals surface area contributed by atoms with Crippen molar-refractivity contribution < 1.29 is 19.2 Å². The van der Waals surface area contributed by atoms with Gasteiger partial charge in [-0.15, -0.1) is 0 Å². The number of piperazine rings is 2. The quantitative estimate of drug-likeness (QED) is 0.463. The van der Waals surface area contributed by atoms with E-state index in [2.05, 4.69) is 10.6 Å². The van der Waals surface area contributed by atoms with Crippen molar-refractivity contribution in [2.45, 2.75) is 52.6 Å². The number of hydrogen-bond donors (Lipinski definition) is 2. The van der Waals surface area contributed by atoms with E-state index < -0.39 is 11.8 Å². The molecule has 2 fully saturated rings. The zero-order valence-corrected chi connectivity index (χ0v) is 20.1. The third kappa shape index (κ3) is 8.05. The lowest BCUT2D eigenvalue weighted by Crippen LogP contribution is -2.57. The summed E-state index contributed by atoms with van der Waals surface area (Å²) < 4.78 is 0. The van der Waals surface area contributed by atoms with Gasteiger partial charge in [-0.3, -0.25) is 29.0 Å². The van der Waals surface area contributed by atoms with E-state index in [1.54, 1.807) is 9.80 Å². The summed E-state index contributed by atoms with van der Waals surface area (Å²) in [5.74, 6) is -0.967. The van der Waals surface area contributed by atoms with E-state index in [0.717, 1.165) is 12.8 Å². The highest BCUT2D eigenvalue weighted by molar-refractivity contribution is 6.34. The molecule has 182 valence electrons. The number of carbonyl (C=O) groups excluding carboxylic acids is 4. The average molecular weight is 453 g/mol. The Morgan fingerprint density at radius 3 is 1.22 bits per heavy atom. The molecule has 2 aliphatic rings. The lowest BCUT2D eigenvalue weighted by atomic mass is 10.2. The zero-order chi connectivity index (χ0) is 23.7. The van der Waals surface area contributed by atoms with Gasteiger partial charge in [-0.25, -0.2) is 0 Å². The number of nitrogens with zero attached hydrogens (tertiary/aromatic N) is 4. The molecule has 0 bridgehead atoms. The van der Waals surface area contributed by atoms with Crippen LogP contribution in [0.15, 0.2) is 0 Å². The van der Waals surface area contributed by atoms with Crippen molar-refractivity contribution in [3.63, 3.8) is 0 Å². The first-order chi connectivity index (χ1) is 15.2. The lowest BCUT2D eigenvalue weighted by Gasteiger charge is -2.37. The minimum atomic E-state index is -0.475. The molecule has 2 aliphatic heterocycles. The van der Waals surface area contributed by atoms with E-state index >= 15 is 0 Å². The molecule has 10 heteroatoms. The van der Waals surface area contributed by atoms with Gasteiger partial charge in [0.1, 0.15) is 0 Å². The second-order valence-electron chi connectivity index (χ2n) is 8.89. The minimum absolute atomic E-state index is 0.00842. The number of rotatable bonds is 8. The molecule has 2 N–H and O–H groups in total. The fraction of sp³-hybridized carbons (Fsp3) is 0.818. The topological polar surface area (TPSA) is 105 Å². The molecule has 0 spiro atoms. The molecule has 0 radical (unpaired) electrons. The van der Waals surface area contributed by atoms with Crippen molar-refractivity contribution in [1.29, 1.82) is 0 Å². The van der Waals surface area contributed by atoms with Gasteiger partial charge in [-0.1, -0.05) is 13.8 Å². The first kappa shape index (κ1) is 26.1. The van der Waals surface area contributed by atoms with E-state index in [4.69, 9.17) is 0 Å². The van der Waals surface area contributed by atoms with Crippen LogP contribution in [-0.4, -0.2) is 121 Å². The van der Waals surface area contributed by atoms with Crippen LogP contribution < -0.4 is 10.6 Å². The molecule has 0 aromatic rings. The summed E-state index contributed by atoms with van der Waals surface area (Å²) in [7, 11) is 0. The van der Waals surface area contributed by atoms with Gasteiger partial charge in [0, 0.05) is 64.4 Å². The van der Waals surface area contributed by atoms with Crippen molar-refractivity contribution in [3.8, 4) is 0 Å². The van der Waals surface area contributed by atoms with Crippen LogP contribution in [0.25, 0.3) is 0 Å². The summed E-state index contributed by atoms with van der Waals surface area (Å²) in [5, 5.41) is 5.90. The predicted molar refractivity (Wildman–Crippen MR) is 122 cm³/mol. The van der Waals surface area contributed by atoms with Gasteiger partial charge in [0.05, 0.1) is 13.1 Å². The Bertz CT molecular complexity index is 601. The monoisotopic (exact) mass is 452 g/mol. The third-order valence-electron chi connectivity index (χ3n) is 6.28. The molecule has 2 heterocycles. The molecular formula is C22H40N6O4. The summed E-state index contributed by atoms with van der Waals surface area (Å²) in [6, 6.07) is 0.301. The summed E-state index contributed by atoms with van der Waals surface area (Å²) in [4.78, 5) is 56.6. The van der Waals surface area contributed by atoms with Gasteiger partial charge >= 0.3 is 11.8 Å². The van der Waals surface area contributed by atoms with Gasteiger partial charge in [-0.2, -0.15) is 0 Å². The van der Waals surface area contributed by atoms with E-state index in [0.29, 0.717) is 65.4 Å². The number of nitrogens with one attached hydrogen (secondary N) is 2. The second kappa shape index (κ2) is 12.7. The fourth-order valence-electron chi connectivity index (χ4n) is 3.74. The number of carbonyl (C=O) groups is 4.